The first kappa shape index (κ1) is 11.4. The van der Waals surface area contributed by atoms with Crippen LogP contribution in [0.4, 0.5) is 5.82 Å². The minimum atomic E-state index is -0.288. The van der Waals surface area contributed by atoms with Crippen LogP contribution in [0, 0.1) is 0 Å². The van der Waals surface area contributed by atoms with Crippen LogP contribution < -0.4 is 5.32 Å². The molecule has 0 radical (unpaired) electrons. The number of hydrogen-bond acceptors (Lipinski definition) is 4. The van der Waals surface area contributed by atoms with E-state index in [1.165, 1.54) is 4.70 Å². The fourth-order valence-electron chi connectivity index (χ4n) is 1.81. The van der Waals surface area contributed by atoms with E-state index in [0.717, 1.165) is 17.6 Å². The standard InChI is InChI=1S/C12H16N2OS/c1-8(7-9(2)15)14-12-10-4-6-16-11(10)3-5-13-12/h3-6,8-9,15H,7H2,1-2H3,(H,13,14). The zero-order valence-electron chi connectivity index (χ0n) is 9.47. The number of pyridine rings is 1. The van der Waals surface area contributed by atoms with Gasteiger partial charge in [-0.25, -0.2) is 4.98 Å². The number of aromatic nitrogens is 1. The number of hydrogen-bond donors (Lipinski definition) is 2. The minimum absolute atomic E-state index is 0.220. The van der Waals surface area contributed by atoms with Gasteiger partial charge in [0.15, 0.2) is 0 Å². The van der Waals surface area contributed by atoms with E-state index in [-0.39, 0.29) is 12.1 Å². The van der Waals surface area contributed by atoms with Gasteiger partial charge in [0.05, 0.1) is 6.10 Å². The largest absolute Gasteiger partial charge is 0.393 e. The van der Waals surface area contributed by atoms with E-state index in [4.69, 9.17) is 0 Å². The van der Waals surface area contributed by atoms with Crippen molar-refractivity contribution in [2.45, 2.75) is 32.4 Å². The van der Waals surface area contributed by atoms with Crippen molar-refractivity contribution in [1.82, 2.24) is 4.98 Å². The molecule has 2 aromatic rings. The highest BCUT2D eigenvalue weighted by molar-refractivity contribution is 7.17. The maximum absolute atomic E-state index is 9.32. The molecule has 0 aliphatic heterocycles. The molecule has 0 aromatic carbocycles. The summed E-state index contributed by atoms with van der Waals surface area (Å²) < 4.78 is 1.24. The highest BCUT2D eigenvalue weighted by Crippen LogP contribution is 2.26. The van der Waals surface area contributed by atoms with Gasteiger partial charge in [-0.15, -0.1) is 11.3 Å². The Labute approximate surface area is 99.1 Å². The Kier molecular flexibility index (Phi) is 3.41. The summed E-state index contributed by atoms with van der Waals surface area (Å²) in [5.41, 5.74) is 0. The second-order valence-electron chi connectivity index (χ2n) is 4.12. The molecule has 0 aliphatic rings. The Hall–Kier alpha value is -1.13. The molecule has 2 heterocycles. The molecule has 4 heteroatoms. The third-order valence-electron chi connectivity index (χ3n) is 2.46. The zero-order valence-corrected chi connectivity index (χ0v) is 10.3. The SMILES string of the molecule is CC(O)CC(C)Nc1nccc2sccc12. The number of aliphatic hydroxyl groups is 1. The third-order valence-corrected chi connectivity index (χ3v) is 3.34. The summed E-state index contributed by atoms with van der Waals surface area (Å²) in [7, 11) is 0. The lowest BCUT2D eigenvalue weighted by Crippen LogP contribution is -2.21. The first-order valence-electron chi connectivity index (χ1n) is 5.43. The van der Waals surface area contributed by atoms with Crippen molar-refractivity contribution in [3.8, 4) is 0 Å². The second kappa shape index (κ2) is 4.80. The van der Waals surface area contributed by atoms with Crippen molar-refractivity contribution in [3.63, 3.8) is 0 Å². The first-order chi connectivity index (χ1) is 7.66. The van der Waals surface area contributed by atoms with Crippen molar-refractivity contribution in [2.24, 2.45) is 0 Å². The van der Waals surface area contributed by atoms with Gasteiger partial charge in [-0.3, -0.25) is 0 Å². The maximum Gasteiger partial charge on any atom is 0.134 e. The van der Waals surface area contributed by atoms with E-state index in [2.05, 4.69) is 28.7 Å². The topological polar surface area (TPSA) is 45.1 Å². The summed E-state index contributed by atoms with van der Waals surface area (Å²) in [6.45, 7) is 3.86. The Morgan fingerprint density at radius 2 is 2.25 bits per heavy atom. The number of thiophene rings is 1. The molecule has 2 N–H and O–H groups in total. The van der Waals surface area contributed by atoms with Gasteiger partial charge in [0.2, 0.25) is 0 Å². The number of fused-ring (bicyclic) bond motifs is 1. The molecule has 0 saturated carbocycles. The Morgan fingerprint density at radius 3 is 3.00 bits per heavy atom. The van der Waals surface area contributed by atoms with Gasteiger partial charge in [0.25, 0.3) is 0 Å². The zero-order chi connectivity index (χ0) is 11.5. The summed E-state index contributed by atoms with van der Waals surface area (Å²) in [6.07, 6.45) is 2.25. The van der Waals surface area contributed by atoms with Crippen LogP contribution in [0.1, 0.15) is 20.3 Å². The predicted octanol–water partition coefficient (Wildman–Crippen LogP) is 2.87. The van der Waals surface area contributed by atoms with Crippen LogP contribution >= 0.6 is 11.3 Å². The molecular formula is C12H16N2OS. The molecule has 0 bridgehead atoms. The molecular weight excluding hydrogens is 220 g/mol. The average molecular weight is 236 g/mol. The average Bonchev–Trinajstić information content (AvgIpc) is 2.65. The van der Waals surface area contributed by atoms with Crippen molar-refractivity contribution >= 4 is 27.2 Å². The number of anilines is 1. The maximum atomic E-state index is 9.32. The second-order valence-corrected chi connectivity index (χ2v) is 5.07. The van der Waals surface area contributed by atoms with Crippen LogP contribution in [0.2, 0.25) is 0 Å². The van der Waals surface area contributed by atoms with Crippen LogP contribution in [-0.4, -0.2) is 22.2 Å². The smallest absolute Gasteiger partial charge is 0.134 e. The van der Waals surface area contributed by atoms with E-state index in [1.807, 2.05) is 12.3 Å². The Balaban J connectivity index is 2.17. The molecule has 2 unspecified atom stereocenters. The molecule has 16 heavy (non-hydrogen) atoms. The van der Waals surface area contributed by atoms with Crippen LogP contribution in [0.5, 0.6) is 0 Å². The lowest BCUT2D eigenvalue weighted by molar-refractivity contribution is 0.179. The van der Waals surface area contributed by atoms with Crippen molar-refractivity contribution in [3.05, 3.63) is 23.7 Å². The van der Waals surface area contributed by atoms with E-state index >= 15 is 0 Å². The fourth-order valence-corrected chi connectivity index (χ4v) is 2.60. The molecule has 86 valence electrons. The third kappa shape index (κ3) is 2.51. The van der Waals surface area contributed by atoms with Gasteiger partial charge in [-0.05, 0) is 37.8 Å². The van der Waals surface area contributed by atoms with Gasteiger partial charge >= 0.3 is 0 Å². The van der Waals surface area contributed by atoms with E-state index in [9.17, 15) is 5.11 Å². The summed E-state index contributed by atoms with van der Waals surface area (Å²) in [5.74, 6) is 0.909. The summed E-state index contributed by atoms with van der Waals surface area (Å²) in [6, 6.07) is 4.31. The molecule has 0 saturated heterocycles. The molecule has 0 amide bonds. The number of aliphatic hydroxyl groups excluding tert-OH is 1. The van der Waals surface area contributed by atoms with Gasteiger partial charge in [-0.2, -0.15) is 0 Å². The Morgan fingerprint density at radius 1 is 1.44 bits per heavy atom. The summed E-state index contributed by atoms with van der Waals surface area (Å²) in [5, 5.41) is 15.9. The van der Waals surface area contributed by atoms with E-state index in [1.54, 1.807) is 18.3 Å². The molecule has 2 atom stereocenters. The lowest BCUT2D eigenvalue weighted by atomic mass is 10.1. The molecule has 3 nitrogen and oxygen atoms in total. The molecule has 0 spiro atoms. The lowest BCUT2D eigenvalue weighted by Gasteiger charge is -2.16. The molecule has 0 fully saturated rings. The number of nitrogens with zero attached hydrogens (tertiary/aromatic N) is 1. The molecule has 2 aromatic heterocycles. The number of rotatable bonds is 4. The predicted molar refractivity (Wildman–Crippen MR) is 69.0 cm³/mol. The van der Waals surface area contributed by atoms with Crippen LogP contribution in [0.15, 0.2) is 23.7 Å². The van der Waals surface area contributed by atoms with Crippen molar-refractivity contribution in [1.29, 1.82) is 0 Å². The van der Waals surface area contributed by atoms with Gasteiger partial charge in [0.1, 0.15) is 5.82 Å². The highest BCUT2D eigenvalue weighted by atomic mass is 32.1. The molecule has 0 aliphatic carbocycles. The van der Waals surface area contributed by atoms with Crippen LogP contribution in [-0.2, 0) is 0 Å². The fraction of sp³-hybridized carbons (Fsp3) is 0.417. The normalized spacial score (nSPS) is 14.9. The summed E-state index contributed by atoms with van der Waals surface area (Å²) in [4.78, 5) is 4.34. The van der Waals surface area contributed by atoms with Crippen LogP contribution in [0.3, 0.4) is 0 Å². The highest BCUT2D eigenvalue weighted by Gasteiger charge is 2.09. The van der Waals surface area contributed by atoms with Gasteiger partial charge < -0.3 is 10.4 Å². The van der Waals surface area contributed by atoms with E-state index < -0.39 is 0 Å². The minimum Gasteiger partial charge on any atom is -0.393 e. The summed E-state index contributed by atoms with van der Waals surface area (Å²) >= 11 is 1.71. The van der Waals surface area contributed by atoms with Gasteiger partial charge in [0, 0.05) is 22.3 Å². The Bertz CT molecular complexity index is 467. The molecule has 2 rings (SSSR count). The van der Waals surface area contributed by atoms with Crippen LogP contribution in [0.25, 0.3) is 10.1 Å². The van der Waals surface area contributed by atoms with Crippen molar-refractivity contribution in [2.75, 3.05) is 5.32 Å². The quantitative estimate of drug-likeness (QED) is 0.858. The van der Waals surface area contributed by atoms with Crippen molar-refractivity contribution < 1.29 is 5.11 Å². The van der Waals surface area contributed by atoms with E-state index in [0.29, 0.717) is 0 Å². The first-order valence-corrected chi connectivity index (χ1v) is 6.31. The van der Waals surface area contributed by atoms with Gasteiger partial charge in [-0.1, -0.05) is 0 Å². The number of nitrogens with one attached hydrogen (secondary N) is 1. The monoisotopic (exact) mass is 236 g/mol.